The lowest BCUT2D eigenvalue weighted by molar-refractivity contribution is 0.461. The molecular formula is C13H18FN3. The molecule has 0 atom stereocenters. The number of fused-ring (bicyclic) bond motifs is 1. The number of rotatable bonds is 6. The Morgan fingerprint density at radius 1 is 1.35 bits per heavy atom. The number of benzene rings is 1. The second-order valence-electron chi connectivity index (χ2n) is 4.03. The minimum Gasteiger partial charge on any atom is -0.327 e. The van der Waals surface area contributed by atoms with Gasteiger partial charge < -0.3 is 9.88 Å². The number of alkyl halides is 1. The molecule has 0 radical (unpaired) electrons. The molecule has 1 N–H and O–H groups in total. The Morgan fingerprint density at radius 3 is 2.94 bits per heavy atom. The van der Waals surface area contributed by atoms with Crippen LogP contribution in [0, 0.1) is 0 Å². The molecule has 3 nitrogen and oxygen atoms in total. The zero-order valence-electron chi connectivity index (χ0n) is 10.1. The van der Waals surface area contributed by atoms with Gasteiger partial charge in [0, 0.05) is 13.1 Å². The molecule has 0 aliphatic carbocycles. The fourth-order valence-corrected chi connectivity index (χ4v) is 2.00. The van der Waals surface area contributed by atoms with Gasteiger partial charge in [-0.05, 0) is 18.6 Å². The predicted octanol–water partition coefficient (Wildman–Crippen LogP) is 2.51. The third kappa shape index (κ3) is 2.64. The maximum atomic E-state index is 12.1. The number of halogens is 1. The van der Waals surface area contributed by atoms with Crippen LogP contribution in [0.3, 0.4) is 0 Å². The third-order valence-electron chi connectivity index (χ3n) is 2.74. The summed E-state index contributed by atoms with van der Waals surface area (Å²) in [5.74, 6) is 0.988. The number of para-hydroxylation sites is 2. The molecule has 1 heterocycles. The molecule has 2 rings (SSSR count). The van der Waals surface area contributed by atoms with Gasteiger partial charge in [0.1, 0.15) is 12.5 Å². The van der Waals surface area contributed by atoms with Gasteiger partial charge >= 0.3 is 0 Å². The van der Waals surface area contributed by atoms with Crippen molar-refractivity contribution in [1.29, 1.82) is 0 Å². The highest BCUT2D eigenvalue weighted by molar-refractivity contribution is 5.75. The summed E-state index contributed by atoms with van der Waals surface area (Å²) in [4.78, 5) is 4.58. The van der Waals surface area contributed by atoms with Gasteiger partial charge in [-0.2, -0.15) is 0 Å². The van der Waals surface area contributed by atoms with Gasteiger partial charge in [-0.15, -0.1) is 0 Å². The Bertz CT molecular complexity index is 478. The highest BCUT2D eigenvalue weighted by atomic mass is 19.1. The second kappa shape index (κ2) is 5.77. The third-order valence-corrected chi connectivity index (χ3v) is 2.74. The molecule has 0 fully saturated rings. The molecule has 1 aromatic heterocycles. The van der Waals surface area contributed by atoms with Crippen LogP contribution < -0.4 is 5.32 Å². The molecule has 0 amide bonds. The standard InChI is InChI=1S/C13H18FN3/c1-2-9-17-12-6-4-3-5-11(12)16-13(17)10-15-8-7-14/h3-6,15H,2,7-10H2,1H3. The fraction of sp³-hybridized carbons (Fsp3) is 0.462. The van der Waals surface area contributed by atoms with Crippen LogP contribution in [0.2, 0.25) is 0 Å². The number of hydrogen-bond donors (Lipinski definition) is 1. The van der Waals surface area contributed by atoms with E-state index in [0.29, 0.717) is 13.1 Å². The summed E-state index contributed by atoms with van der Waals surface area (Å²) in [5, 5.41) is 3.05. The number of hydrogen-bond acceptors (Lipinski definition) is 2. The van der Waals surface area contributed by atoms with Crippen LogP contribution in [0.1, 0.15) is 19.2 Å². The zero-order chi connectivity index (χ0) is 12.1. The molecule has 0 unspecified atom stereocenters. The van der Waals surface area contributed by atoms with Gasteiger partial charge in [0.2, 0.25) is 0 Å². The lowest BCUT2D eigenvalue weighted by Gasteiger charge is -2.07. The number of aromatic nitrogens is 2. The topological polar surface area (TPSA) is 29.9 Å². The van der Waals surface area contributed by atoms with Crippen molar-refractivity contribution in [2.75, 3.05) is 13.2 Å². The Hall–Kier alpha value is -1.42. The minimum absolute atomic E-state index is 0.339. The van der Waals surface area contributed by atoms with E-state index in [2.05, 4.69) is 27.9 Å². The molecule has 0 aliphatic rings. The number of aryl methyl sites for hydroxylation is 1. The number of nitrogens with one attached hydrogen (secondary N) is 1. The normalized spacial score (nSPS) is 11.2. The average molecular weight is 235 g/mol. The van der Waals surface area contributed by atoms with E-state index in [9.17, 15) is 4.39 Å². The summed E-state index contributed by atoms with van der Waals surface area (Å²) in [5.41, 5.74) is 2.17. The van der Waals surface area contributed by atoms with Crippen LogP contribution in [0.15, 0.2) is 24.3 Å². The Labute approximate surface area is 101 Å². The molecule has 0 saturated carbocycles. The van der Waals surface area contributed by atoms with E-state index in [1.54, 1.807) is 0 Å². The molecule has 0 spiro atoms. The van der Waals surface area contributed by atoms with Crippen LogP contribution in [0.5, 0.6) is 0 Å². The van der Waals surface area contributed by atoms with Gasteiger partial charge in [-0.1, -0.05) is 19.1 Å². The number of nitrogens with zero attached hydrogens (tertiary/aromatic N) is 2. The van der Waals surface area contributed by atoms with Crippen molar-refractivity contribution in [2.45, 2.75) is 26.4 Å². The lowest BCUT2D eigenvalue weighted by Crippen LogP contribution is -2.19. The first-order valence-electron chi connectivity index (χ1n) is 6.07. The Balaban J connectivity index is 2.29. The van der Waals surface area contributed by atoms with Crippen LogP contribution in [0.4, 0.5) is 4.39 Å². The van der Waals surface area contributed by atoms with E-state index in [-0.39, 0.29) is 6.67 Å². The van der Waals surface area contributed by atoms with Gasteiger partial charge in [0.25, 0.3) is 0 Å². The Kier molecular flexibility index (Phi) is 4.09. The van der Waals surface area contributed by atoms with Crippen molar-refractivity contribution in [3.63, 3.8) is 0 Å². The average Bonchev–Trinajstić information content (AvgIpc) is 2.69. The first kappa shape index (κ1) is 12.0. The molecule has 1 aromatic carbocycles. The molecule has 0 aliphatic heterocycles. The van der Waals surface area contributed by atoms with E-state index >= 15 is 0 Å². The molecule has 0 saturated heterocycles. The van der Waals surface area contributed by atoms with Crippen molar-refractivity contribution in [3.8, 4) is 0 Å². The van der Waals surface area contributed by atoms with E-state index in [0.717, 1.165) is 29.8 Å². The summed E-state index contributed by atoms with van der Waals surface area (Å²) in [6.45, 7) is 3.77. The van der Waals surface area contributed by atoms with Gasteiger partial charge in [-0.3, -0.25) is 0 Å². The highest BCUT2D eigenvalue weighted by Gasteiger charge is 2.08. The van der Waals surface area contributed by atoms with E-state index in [4.69, 9.17) is 0 Å². The number of imidazole rings is 1. The van der Waals surface area contributed by atoms with Crippen molar-refractivity contribution in [1.82, 2.24) is 14.9 Å². The molecule has 17 heavy (non-hydrogen) atoms. The highest BCUT2D eigenvalue weighted by Crippen LogP contribution is 2.16. The van der Waals surface area contributed by atoms with E-state index < -0.39 is 0 Å². The van der Waals surface area contributed by atoms with Crippen LogP contribution >= 0.6 is 0 Å². The summed E-state index contributed by atoms with van der Waals surface area (Å²) in [6, 6.07) is 8.11. The van der Waals surface area contributed by atoms with Crippen molar-refractivity contribution in [2.24, 2.45) is 0 Å². The maximum Gasteiger partial charge on any atom is 0.123 e. The SMILES string of the molecule is CCCn1c(CNCCF)nc2ccccc21. The van der Waals surface area contributed by atoms with Gasteiger partial charge in [0.15, 0.2) is 0 Å². The van der Waals surface area contributed by atoms with Crippen molar-refractivity contribution in [3.05, 3.63) is 30.1 Å². The molecule has 0 bridgehead atoms. The first-order valence-corrected chi connectivity index (χ1v) is 6.07. The molecular weight excluding hydrogens is 217 g/mol. The fourth-order valence-electron chi connectivity index (χ4n) is 2.00. The van der Waals surface area contributed by atoms with E-state index in [1.165, 1.54) is 0 Å². The van der Waals surface area contributed by atoms with Crippen molar-refractivity contribution >= 4 is 11.0 Å². The predicted molar refractivity (Wildman–Crippen MR) is 67.7 cm³/mol. The molecule has 2 aromatic rings. The van der Waals surface area contributed by atoms with Crippen LogP contribution in [-0.4, -0.2) is 22.8 Å². The summed E-state index contributed by atoms with van der Waals surface area (Å²) in [7, 11) is 0. The quantitative estimate of drug-likeness (QED) is 0.780. The molecule has 92 valence electrons. The maximum absolute atomic E-state index is 12.1. The summed E-state index contributed by atoms with van der Waals surface area (Å²) < 4.78 is 14.3. The van der Waals surface area contributed by atoms with Crippen molar-refractivity contribution < 1.29 is 4.39 Å². The van der Waals surface area contributed by atoms with Crippen LogP contribution in [0.25, 0.3) is 11.0 Å². The summed E-state index contributed by atoms with van der Waals surface area (Å²) in [6.07, 6.45) is 1.07. The zero-order valence-corrected chi connectivity index (χ0v) is 10.1. The van der Waals surface area contributed by atoms with Crippen LogP contribution in [-0.2, 0) is 13.1 Å². The van der Waals surface area contributed by atoms with E-state index in [1.807, 2.05) is 18.2 Å². The summed E-state index contributed by atoms with van der Waals surface area (Å²) >= 11 is 0. The van der Waals surface area contributed by atoms with Gasteiger partial charge in [0.05, 0.1) is 17.6 Å². The largest absolute Gasteiger partial charge is 0.327 e. The monoisotopic (exact) mass is 235 g/mol. The van der Waals surface area contributed by atoms with Gasteiger partial charge in [-0.25, -0.2) is 9.37 Å². The molecule has 4 heteroatoms. The minimum atomic E-state index is -0.339. The smallest absolute Gasteiger partial charge is 0.123 e. The first-order chi connectivity index (χ1) is 8.36. The Morgan fingerprint density at radius 2 is 2.18 bits per heavy atom. The second-order valence-corrected chi connectivity index (χ2v) is 4.03. The lowest BCUT2D eigenvalue weighted by atomic mass is 10.3.